The van der Waals surface area contributed by atoms with E-state index < -0.39 is 0 Å². The van der Waals surface area contributed by atoms with Crippen molar-refractivity contribution in [1.82, 2.24) is 5.32 Å². The van der Waals surface area contributed by atoms with Crippen LogP contribution in [-0.4, -0.2) is 14.2 Å². The molecule has 1 fully saturated rings. The summed E-state index contributed by atoms with van der Waals surface area (Å²) in [6, 6.07) is 7.07. The first kappa shape index (κ1) is 15.4. The molecule has 112 valence electrons. The van der Waals surface area contributed by atoms with Crippen LogP contribution in [0.1, 0.15) is 50.3 Å². The normalized spacial score (nSPS) is 28.1. The van der Waals surface area contributed by atoms with Gasteiger partial charge in [-0.2, -0.15) is 0 Å². The average molecular weight is 275 g/mol. The van der Waals surface area contributed by atoms with E-state index in [4.69, 9.17) is 4.74 Å². The predicted molar refractivity (Wildman–Crippen MR) is 85.2 cm³/mol. The second-order valence-electron chi connectivity index (χ2n) is 6.67. The molecule has 0 radical (unpaired) electrons. The van der Waals surface area contributed by atoms with Gasteiger partial charge in [-0.1, -0.05) is 26.0 Å². The third-order valence-electron chi connectivity index (χ3n) is 4.78. The largest absolute Gasteiger partial charge is 0.496 e. The topological polar surface area (TPSA) is 21.3 Å². The maximum Gasteiger partial charge on any atom is 0.121 e. The molecule has 1 saturated carbocycles. The van der Waals surface area contributed by atoms with E-state index in [1.54, 1.807) is 7.11 Å². The van der Waals surface area contributed by atoms with E-state index in [2.05, 4.69) is 51.3 Å². The van der Waals surface area contributed by atoms with E-state index in [-0.39, 0.29) is 0 Å². The highest BCUT2D eigenvalue weighted by Gasteiger charge is 2.30. The van der Waals surface area contributed by atoms with E-state index in [9.17, 15) is 0 Å². The van der Waals surface area contributed by atoms with E-state index in [0.717, 1.165) is 23.5 Å². The van der Waals surface area contributed by atoms with Gasteiger partial charge in [0, 0.05) is 6.04 Å². The Hall–Kier alpha value is -1.02. The van der Waals surface area contributed by atoms with Crippen LogP contribution >= 0.6 is 0 Å². The van der Waals surface area contributed by atoms with Gasteiger partial charge in [0.05, 0.1) is 7.11 Å². The van der Waals surface area contributed by atoms with Crippen LogP contribution in [-0.2, 0) is 0 Å². The first-order valence-electron chi connectivity index (χ1n) is 7.87. The van der Waals surface area contributed by atoms with E-state index in [1.807, 2.05) is 0 Å². The number of nitrogens with one attached hydrogen (secondary N) is 1. The Bertz CT molecular complexity index is 433. The quantitative estimate of drug-likeness (QED) is 0.882. The van der Waals surface area contributed by atoms with Crippen molar-refractivity contribution < 1.29 is 4.74 Å². The van der Waals surface area contributed by atoms with Crippen molar-refractivity contribution in [2.75, 3.05) is 14.2 Å². The average Bonchev–Trinajstić information content (AvgIpc) is 2.38. The molecule has 1 aliphatic rings. The molecule has 0 saturated heterocycles. The van der Waals surface area contributed by atoms with Crippen LogP contribution in [0, 0.1) is 24.7 Å². The second-order valence-corrected chi connectivity index (χ2v) is 6.67. The summed E-state index contributed by atoms with van der Waals surface area (Å²) in [5.74, 6) is 3.42. The van der Waals surface area contributed by atoms with Crippen LogP contribution in [0.3, 0.4) is 0 Å². The molecule has 0 aromatic heterocycles. The molecule has 2 rings (SSSR count). The lowest BCUT2D eigenvalue weighted by Crippen LogP contribution is -2.31. The van der Waals surface area contributed by atoms with Gasteiger partial charge in [-0.3, -0.25) is 0 Å². The van der Waals surface area contributed by atoms with Crippen molar-refractivity contribution in [3.8, 4) is 5.75 Å². The van der Waals surface area contributed by atoms with Crippen LogP contribution in [0.2, 0.25) is 0 Å². The van der Waals surface area contributed by atoms with Gasteiger partial charge in [0.1, 0.15) is 5.75 Å². The van der Waals surface area contributed by atoms with Gasteiger partial charge < -0.3 is 10.1 Å². The van der Waals surface area contributed by atoms with Crippen LogP contribution in [0.4, 0.5) is 0 Å². The predicted octanol–water partition coefficient (Wildman–Crippen LogP) is 4.34. The van der Waals surface area contributed by atoms with Gasteiger partial charge in [-0.25, -0.2) is 0 Å². The minimum absolute atomic E-state index is 0.463. The Morgan fingerprint density at radius 3 is 2.30 bits per heavy atom. The fraction of sp³-hybridized carbons (Fsp3) is 0.667. The molecule has 1 N–H and O–H groups in total. The smallest absolute Gasteiger partial charge is 0.121 e. The monoisotopic (exact) mass is 275 g/mol. The number of hydrogen-bond acceptors (Lipinski definition) is 2. The maximum absolute atomic E-state index is 5.37. The number of hydrogen-bond donors (Lipinski definition) is 1. The van der Waals surface area contributed by atoms with Crippen LogP contribution in [0.15, 0.2) is 18.2 Å². The van der Waals surface area contributed by atoms with E-state index in [0.29, 0.717) is 6.04 Å². The van der Waals surface area contributed by atoms with Crippen molar-refractivity contribution >= 4 is 0 Å². The minimum Gasteiger partial charge on any atom is -0.496 e. The first-order valence-corrected chi connectivity index (χ1v) is 7.87. The molecule has 1 aliphatic carbocycles. The molecule has 0 heterocycles. The molecule has 0 amide bonds. The Balaban J connectivity index is 2.21. The highest BCUT2D eigenvalue weighted by Crippen LogP contribution is 2.40. The summed E-state index contributed by atoms with van der Waals surface area (Å²) >= 11 is 0. The Morgan fingerprint density at radius 2 is 1.80 bits per heavy atom. The zero-order valence-corrected chi connectivity index (χ0v) is 13.6. The number of aryl methyl sites for hydroxylation is 1. The molecule has 2 nitrogen and oxygen atoms in total. The Kier molecular flexibility index (Phi) is 5.09. The van der Waals surface area contributed by atoms with Gasteiger partial charge in [0.25, 0.3) is 0 Å². The molecule has 0 spiro atoms. The van der Waals surface area contributed by atoms with Crippen molar-refractivity contribution in [1.29, 1.82) is 0 Å². The summed E-state index contributed by atoms with van der Waals surface area (Å²) in [4.78, 5) is 0. The zero-order valence-electron chi connectivity index (χ0n) is 13.6. The fourth-order valence-corrected chi connectivity index (χ4v) is 4.05. The summed E-state index contributed by atoms with van der Waals surface area (Å²) in [6.45, 7) is 6.92. The Labute approximate surface area is 123 Å². The molecular formula is C18H29NO. The van der Waals surface area contributed by atoms with Crippen molar-refractivity contribution in [2.24, 2.45) is 17.8 Å². The standard InChI is InChI=1S/C18H29NO/c1-12-8-13(2)10-16(9-12)18(19-4)15-6-7-17(20-5)14(3)11-15/h6-7,11-13,16,18-19H,8-10H2,1-5H3. The van der Waals surface area contributed by atoms with Crippen LogP contribution < -0.4 is 10.1 Å². The fourth-order valence-electron chi connectivity index (χ4n) is 4.05. The first-order chi connectivity index (χ1) is 9.55. The maximum atomic E-state index is 5.37. The molecule has 0 bridgehead atoms. The lowest BCUT2D eigenvalue weighted by atomic mass is 9.72. The third kappa shape index (κ3) is 3.35. The SMILES string of the molecule is CNC(c1ccc(OC)c(C)c1)C1CC(C)CC(C)C1. The summed E-state index contributed by atoms with van der Waals surface area (Å²) in [7, 11) is 3.83. The molecular weight excluding hydrogens is 246 g/mol. The molecule has 20 heavy (non-hydrogen) atoms. The summed E-state index contributed by atoms with van der Waals surface area (Å²) in [6.07, 6.45) is 4.05. The number of ether oxygens (including phenoxy) is 1. The second kappa shape index (κ2) is 6.62. The molecule has 3 atom stereocenters. The van der Waals surface area contributed by atoms with Crippen molar-refractivity contribution in [3.05, 3.63) is 29.3 Å². The van der Waals surface area contributed by atoms with Crippen LogP contribution in [0.25, 0.3) is 0 Å². The van der Waals surface area contributed by atoms with Gasteiger partial charge in [-0.15, -0.1) is 0 Å². The number of methoxy groups -OCH3 is 1. The highest BCUT2D eigenvalue weighted by molar-refractivity contribution is 5.37. The number of rotatable bonds is 4. The highest BCUT2D eigenvalue weighted by atomic mass is 16.5. The Morgan fingerprint density at radius 1 is 1.15 bits per heavy atom. The lowest BCUT2D eigenvalue weighted by molar-refractivity contribution is 0.180. The van der Waals surface area contributed by atoms with Crippen molar-refractivity contribution in [3.63, 3.8) is 0 Å². The van der Waals surface area contributed by atoms with E-state index >= 15 is 0 Å². The molecule has 2 heteroatoms. The minimum atomic E-state index is 0.463. The van der Waals surface area contributed by atoms with Gasteiger partial charge in [0.2, 0.25) is 0 Å². The zero-order chi connectivity index (χ0) is 14.7. The molecule has 1 aromatic carbocycles. The van der Waals surface area contributed by atoms with Gasteiger partial charge >= 0.3 is 0 Å². The van der Waals surface area contributed by atoms with Gasteiger partial charge in [-0.05, 0) is 68.2 Å². The molecule has 3 unspecified atom stereocenters. The number of benzene rings is 1. The lowest BCUT2D eigenvalue weighted by Gasteiger charge is -2.36. The summed E-state index contributed by atoms with van der Waals surface area (Å²) < 4.78 is 5.37. The third-order valence-corrected chi connectivity index (χ3v) is 4.78. The van der Waals surface area contributed by atoms with Crippen molar-refractivity contribution in [2.45, 2.75) is 46.1 Å². The van der Waals surface area contributed by atoms with Gasteiger partial charge in [0.15, 0.2) is 0 Å². The summed E-state index contributed by atoms with van der Waals surface area (Å²) in [5, 5.41) is 3.55. The van der Waals surface area contributed by atoms with Crippen LogP contribution in [0.5, 0.6) is 5.75 Å². The summed E-state index contributed by atoms with van der Waals surface area (Å²) in [5.41, 5.74) is 2.62. The molecule has 1 aromatic rings. The molecule has 0 aliphatic heterocycles. The van der Waals surface area contributed by atoms with E-state index in [1.165, 1.54) is 30.4 Å².